The topological polar surface area (TPSA) is 88.8 Å². The SMILES string of the molecule is CNC(=O)N1CCN(C(=O)C2(Sc3ccc(C)cc3)CC(=O)N(Cc3ccc(Cl)cc3)C2c2c[nH]c3cc(Cl)ccc23)CC1. The van der Waals surface area contributed by atoms with Crippen LogP contribution in [-0.4, -0.2) is 75.5 Å². The van der Waals surface area contributed by atoms with Gasteiger partial charge in [0.25, 0.3) is 0 Å². The molecule has 1 aromatic heterocycles. The monoisotopic (exact) mass is 649 g/mol. The van der Waals surface area contributed by atoms with Crippen LogP contribution in [0.1, 0.15) is 29.2 Å². The summed E-state index contributed by atoms with van der Waals surface area (Å²) in [6, 6.07) is 20.4. The Kier molecular flexibility index (Phi) is 8.55. The maximum Gasteiger partial charge on any atom is 0.317 e. The number of carbonyl (C=O) groups excluding carboxylic acids is 3. The molecule has 4 aromatic rings. The number of amides is 4. The number of thioether (sulfide) groups is 1. The maximum atomic E-state index is 15.0. The molecule has 0 bridgehead atoms. The number of aromatic nitrogens is 1. The fraction of sp³-hybridized carbons (Fsp3) is 0.303. The first kappa shape index (κ1) is 30.4. The fourth-order valence-electron chi connectivity index (χ4n) is 6.23. The van der Waals surface area contributed by atoms with Crippen molar-refractivity contribution in [3.8, 4) is 0 Å². The number of nitrogens with one attached hydrogen (secondary N) is 2. The first-order valence-electron chi connectivity index (χ1n) is 14.5. The van der Waals surface area contributed by atoms with Gasteiger partial charge in [0.05, 0.1) is 12.5 Å². The molecular formula is C33H33Cl2N5O3S. The molecule has 0 saturated carbocycles. The Bertz CT molecular complexity index is 1700. The summed E-state index contributed by atoms with van der Waals surface area (Å²) in [5.41, 5.74) is 3.71. The molecule has 2 aliphatic rings. The number of likely N-dealkylation sites (tertiary alicyclic amines) is 1. The van der Waals surface area contributed by atoms with Crippen molar-refractivity contribution in [2.24, 2.45) is 0 Å². The van der Waals surface area contributed by atoms with Crippen molar-refractivity contribution < 1.29 is 14.4 Å². The van der Waals surface area contributed by atoms with Crippen molar-refractivity contribution in [1.82, 2.24) is 25.0 Å². The van der Waals surface area contributed by atoms with Crippen LogP contribution in [0, 0.1) is 6.92 Å². The molecule has 0 aliphatic carbocycles. The van der Waals surface area contributed by atoms with Crippen LogP contribution >= 0.6 is 35.0 Å². The highest BCUT2D eigenvalue weighted by molar-refractivity contribution is 8.01. The summed E-state index contributed by atoms with van der Waals surface area (Å²) in [6.07, 6.45) is 1.93. The number of aryl methyl sites for hydroxylation is 1. The van der Waals surface area contributed by atoms with Gasteiger partial charge in [0.15, 0.2) is 0 Å². The Morgan fingerprint density at radius 3 is 2.30 bits per heavy atom. The molecule has 11 heteroatoms. The molecule has 2 fully saturated rings. The number of H-pyrrole nitrogens is 1. The second kappa shape index (κ2) is 12.4. The van der Waals surface area contributed by atoms with Gasteiger partial charge in [-0.25, -0.2) is 4.79 Å². The highest BCUT2D eigenvalue weighted by atomic mass is 35.5. The average Bonchev–Trinajstić information content (AvgIpc) is 3.55. The summed E-state index contributed by atoms with van der Waals surface area (Å²) >= 11 is 14.0. The third-order valence-corrected chi connectivity index (χ3v) is 10.4. The van der Waals surface area contributed by atoms with Gasteiger partial charge >= 0.3 is 6.03 Å². The molecule has 4 amide bonds. The number of rotatable bonds is 6. The van der Waals surface area contributed by atoms with Crippen molar-refractivity contribution in [3.63, 3.8) is 0 Å². The number of aromatic amines is 1. The zero-order chi connectivity index (χ0) is 31.0. The lowest BCUT2D eigenvalue weighted by Gasteiger charge is -2.42. The number of fused-ring (bicyclic) bond motifs is 1. The van der Waals surface area contributed by atoms with E-state index in [1.54, 1.807) is 11.9 Å². The molecule has 0 spiro atoms. The molecule has 2 saturated heterocycles. The summed E-state index contributed by atoms with van der Waals surface area (Å²) in [7, 11) is 1.60. The number of hydrogen-bond donors (Lipinski definition) is 2. The lowest BCUT2D eigenvalue weighted by atomic mass is 9.90. The van der Waals surface area contributed by atoms with Crippen LogP contribution in [0.15, 0.2) is 77.8 Å². The van der Waals surface area contributed by atoms with Gasteiger partial charge in [0.2, 0.25) is 11.8 Å². The second-order valence-corrected chi connectivity index (χ2v) is 13.6. The van der Waals surface area contributed by atoms with E-state index < -0.39 is 10.8 Å². The Balaban J connectivity index is 1.48. The molecule has 2 aliphatic heterocycles. The van der Waals surface area contributed by atoms with E-state index in [1.165, 1.54) is 11.8 Å². The predicted octanol–water partition coefficient (Wildman–Crippen LogP) is 6.27. The van der Waals surface area contributed by atoms with Crippen LogP contribution < -0.4 is 5.32 Å². The van der Waals surface area contributed by atoms with Crippen LogP contribution in [0.5, 0.6) is 0 Å². The quantitative estimate of drug-likeness (QED) is 0.258. The molecule has 3 aromatic carbocycles. The van der Waals surface area contributed by atoms with Gasteiger partial charge in [-0.15, -0.1) is 11.8 Å². The number of hydrogen-bond acceptors (Lipinski definition) is 4. The van der Waals surface area contributed by atoms with E-state index in [0.29, 0.717) is 42.8 Å². The molecule has 0 radical (unpaired) electrons. The highest BCUT2D eigenvalue weighted by Gasteiger charge is 2.59. The Labute approximate surface area is 270 Å². The molecular weight excluding hydrogens is 617 g/mol. The Morgan fingerprint density at radius 1 is 0.955 bits per heavy atom. The molecule has 228 valence electrons. The number of urea groups is 1. The normalized spacial score (nSPS) is 20.4. The molecule has 8 nitrogen and oxygen atoms in total. The van der Waals surface area contributed by atoms with E-state index >= 15 is 0 Å². The summed E-state index contributed by atoms with van der Waals surface area (Å²) < 4.78 is -1.18. The second-order valence-electron chi connectivity index (χ2n) is 11.3. The predicted molar refractivity (Wildman–Crippen MR) is 175 cm³/mol. The Hall–Kier alpha value is -3.66. The van der Waals surface area contributed by atoms with Crippen LogP contribution in [-0.2, 0) is 16.1 Å². The number of carbonyl (C=O) groups is 3. The average molecular weight is 651 g/mol. The Morgan fingerprint density at radius 2 is 1.61 bits per heavy atom. The van der Waals surface area contributed by atoms with Crippen molar-refractivity contribution in [2.45, 2.75) is 35.6 Å². The molecule has 44 heavy (non-hydrogen) atoms. The summed E-state index contributed by atoms with van der Waals surface area (Å²) in [4.78, 5) is 51.1. The highest BCUT2D eigenvalue weighted by Crippen LogP contribution is 2.55. The van der Waals surface area contributed by atoms with E-state index in [1.807, 2.05) is 89.7 Å². The third-order valence-electron chi connectivity index (χ3n) is 8.48. The van der Waals surface area contributed by atoms with Crippen molar-refractivity contribution in [2.75, 3.05) is 33.2 Å². The fourth-order valence-corrected chi connectivity index (χ4v) is 8.00. The molecule has 2 N–H and O–H groups in total. The van der Waals surface area contributed by atoms with Gasteiger partial charge in [-0.1, -0.05) is 59.1 Å². The summed E-state index contributed by atoms with van der Waals surface area (Å²) in [5.74, 6) is -0.217. The van der Waals surface area contributed by atoms with E-state index in [-0.39, 0.29) is 24.3 Å². The number of halogens is 2. The minimum Gasteiger partial charge on any atom is -0.361 e. The largest absolute Gasteiger partial charge is 0.361 e. The third kappa shape index (κ3) is 5.76. The lowest BCUT2D eigenvalue weighted by molar-refractivity contribution is -0.136. The first-order valence-corrected chi connectivity index (χ1v) is 16.1. The van der Waals surface area contributed by atoms with Gasteiger partial charge < -0.3 is 25.0 Å². The van der Waals surface area contributed by atoms with Crippen LogP contribution in [0.25, 0.3) is 10.9 Å². The smallest absolute Gasteiger partial charge is 0.317 e. The molecule has 3 heterocycles. The summed E-state index contributed by atoms with van der Waals surface area (Å²) in [5, 5.41) is 4.78. The van der Waals surface area contributed by atoms with Gasteiger partial charge in [-0.2, -0.15) is 0 Å². The van der Waals surface area contributed by atoms with E-state index in [4.69, 9.17) is 23.2 Å². The number of piperazine rings is 1. The van der Waals surface area contributed by atoms with Crippen LogP contribution in [0.3, 0.4) is 0 Å². The van der Waals surface area contributed by atoms with Crippen LogP contribution in [0.2, 0.25) is 10.0 Å². The lowest BCUT2D eigenvalue weighted by Crippen LogP contribution is -2.57. The molecule has 2 unspecified atom stereocenters. The van der Waals surface area contributed by atoms with Crippen molar-refractivity contribution in [1.29, 1.82) is 0 Å². The minimum atomic E-state index is -1.18. The van der Waals surface area contributed by atoms with E-state index in [2.05, 4.69) is 10.3 Å². The van der Waals surface area contributed by atoms with Gasteiger partial charge in [-0.3, -0.25) is 9.59 Å². The molecule has 2 atom stereocenters. The van der Waals surface area contributed by atoms with Gasteiger partial charge in [0.1, 0.15) is 4.75 Å². The van der Waals surface area contributed by atoms with Crippen LogP contribution in [0.4, 0.5) is 4.79 Å². The minimum absolute atomic E-state index is 0.0263. The maximum absolute atomic E-state index is 15.0. The molecule has 6 rings (SSSR count). The number of nitrogens with zero attached hydrogens (tertiary/aromatic N) is 3. The van der Waals surface area contributed by atoms with E-state index in [9.17, 15) is 14.4 Å². The zero-order valence-electron chi connectivity index (χ0n) is 24.5. The van der Waals surface area contributed by atoms with Gasteiger partial charge in [0, 0.05) is 77.4 Å². The van der Waals surface area contributed by atoms with Crippen molar-refractivity contribution >= 4 is 63.7 Å². The summed E-state index contributed by atoms with van der Waals surface area (Å²) in [6.45, 7) is 3.92. The first-order chi connectivity index (χ1) is 21.2. The van der Waals surface area contributed by atoms with Crippen molar-refractivity contribution in [3.05, 3.63) is 99.7 Å². The standard InChI is InChI=1S/C33H33Cl2N5O3S/c1-21-3-10-25(11-4-21)44-33(31(42)38-13-15-39(16-14-38)32(43)36-2)18-29(41)40(20-22-5-7-23(34)8-6-22)30(33)27-19-37-28-17-24(35)9-12-26(27)28/h3-12,17,19,30,37H,13-16,18,20H2,1-2H3,(H,36,43). The van der Waals surface area contributed by atoms with Gasteiger partial charge in [-0.05, 0) is 48.9 Å². The van der Waals surface area contributed by atoms with E-state index in [0.717, 1.165) is 32.5 Å². The number of benzene rings is 3. The zero-order valence-corrected chi connectivity index (χ0v) is 26.8.